The van der Waals surface area contributed by atoms with Crippen LogP contribution in [0.5, 0.6) is 0 Å². The normalized spacial score (nSPS) is 11.3. The van der Waals surface area contributed by atoms with Crippen molar-refractivity contribution < 1.29 is 13.2 Å². The van der Waals surface area contributed by atoms with E-state index < -0.39 is 9.84 Å². The van der Waals surface area contributed by atoms with E-state index >= 15 is 0 Å². The zero-order chi connectivity index (χ0) is 15.2. The van der Waals surface area contributed by atoms with Gasteiger partial charge >= 0.3 is 0 Å². The van der Waals surface area contributed by atoms with Gasteiger partial charge in [-0.25, -0.2) is 8.42 Å². The minimum Gasteiger partial charge on any atom is -0.352 e. The van der Waals surface area contributed by atoms with Crippen molar-refractivity contribution in [2.45, 2.75) is 32.7 Å². The van der Waals surface area contributed by atoms with Crippen molar-refractivity contribution in [2.24, 2.45) is 0 Å². The van der Waals surface area contributed by atoms with Gasteiger partial charge in [0.15, 0.2) is 9.84 Å². The van der Waals surface area contributed by atoms with E-state index in [0.29, 0.717) is 12.5 Å². The lowest BCUT2D eigenvalue weighted by molar-refractivity contribution is -0.120. The molecule has 0 aliphatic heterocycles. The maximum Gasteiger partial charge on any atom is 0.221 e. The minimum absolute atomic E-state index is 0.0432. The maximum absolute atomic E-state index is 11.5. The van der Waals surface area contributed by atoms with Crippen LogP contribution >= 0.6 is 0 Å². The number of amides is 1. The molecule has 1 aromatic rings. The van der Waals surface area contributed by atoms with Crippen molar-refractivity contribution in [3.63, 3.8) is 0 Å². The van der Waals surface area contributed by atoms with E-state index in [0.717, 1.165) is 11.0 Å². The summed E-state index contributed by atoms with van der Waals surface area (Å²) in [7, 11) is -3.31. The Labute approximate surface area is 120 Å². The Kier molecular flexibility index (Phi) is 5.95. The molecular formula is C15H21NO3S. The van der Waals surface area contributed by atoms with Gasteiger partial charge in [0.1, 0.15) is 0 Å². The van der Waals surface area contributed by atoms with Crippen LogP contribution in [0.2, 0.25) is 0 Å². The number of sulfone groups is 1. The first-order valence-corrected chi connectivity index (χ1v) is 8.26. The van der Waals surface area contributed by atoms with E-state index in [4.69, 9.17) is 0 Å². The summed E-state index contributed by atoms with van der Waals surface area (Å²) in [6.45, 7) is 7.86. The molecule has 0 saturated carbocycles. The van der Waals surface area contributed by atoms with Crippen LogP contribution in [-0.2, 0) is 21.2 Å². The van der Waals surface area contributed by atoms with Crippen molar-refractivity contribution in [3.05, 3.63) is 47.4 Å². The highest BCUT2D eigenvalue weighted by molar-refractivity contribution is 7.94. The molecule has 1 N–H and O–H groups in total. The quantitative estimate of drug-likeness (QED) is 0.840. The number of benzene rings is 1. The molecule has 4 nitrogen and oxygen atoms in total. The summed E-state index contributed by atoms with van der Waals surface area (Å²) in [5.41, 5.74) is 2.24. The first-order valence-electron chi connectivity index (χ1n) is 6.55. The molecule has 0 aromatic heterocycles. The fraction of sp³-hybridized carbons (Fsp3) is 0.400. The van der Waals surface area contributed by atoms with E-state index in [-0.39, 0.29) is 18.1 Å². The number of nitrogens with one attached hydrogen (secondary N) is 1. The predicted molar refractivity (Wildman–Crippen MR) is 81.0 cm³/mol. The van der Waals surface area contributed by atoms with Crippen LogP contribution in [0.4, 0.5) is 0 Å². The molecular weight excluding hydrogens is 274 g/mol. The number of hydrogen-bond acceptors (Lipinski definition) is 3. The molecule has 1 aromatic carbocycles. The van der Waals surface area contributed by atoms with Crippen LogP contribution < -0.4 is 5.32 Å². The van der Waals surface area contributed by atoms with Gasteiger partial charge in [0.2, 0.25) is 5.91 Å². The third kappa shape index (κ3) is 5.57. The summed E-state index contributed by atoms with van der Waals surface area (Å²) in [5, 5.41) is 3.59. The van der Waals surface area contributed by atoms with Crippen molar-refractivity contribution >= 4 is 15.7 Å². The smallest absolute Gasteiger partial charge is 0.221 e. The topological polar surface area (TPSA) is 63.2 Å². The molecule has 0 unspecified atom stereocenters. The average molecular weight is 295 g/mol. The highest BCUT2D eigenvalue weighted by atomic mass is 32.2. The molecule has 20 heavy (non-hydrogen) atoms. The van der Waals surface area contributed by atoms with Gasteiger partial charge in [0.05, 0.1) is 5.75 Å². The lowest BCUT2D eigenvalue weighted by Crippen LogP contribution is -2.24. The highest BCUT2D eigenvalue weighted by Crippen LogP contribution is 2.14. The fourth-order valence-corrected chi connectivity index (χ4v) is 2.26. The van der Waals surface area contributed by atoms with Crippen molar-refractivity contribution in [1.29, 1.82) is 0 Å². The molecule has 0 bridgehead atoms. The van der Waals surface area contributed by atoms with Crippen molar-refractivity contribution in [1.82, 2.24) is 5.32 Å². The summed E-state index contributed by atoms with van der Waals surface area (Å²) in [5.74, 6) is 0.000323. The number of carbonyl (C=O) groups is 1. The molecule has 0 fully saturated rings. The lowest BCUT2D eigenvalue weighted by Gasteiger charge is -2.08. The van der Waals surface area contributed by atoms with Crippen molar-refractivity contribution in [2.75, 3.05) is 5.75 Å². The summed E-state index contributed by atoms with van der Waals surface area (Å²) in [6, 6.07) is 8.01. The Balaban J connectivity index is 2.43. The second-order valence-corrected chi connectivity index (χ2v) is 7.02. The predicted octanol–water partition coefficient (Wildman–Crippen LogP) is 2.37. The Bertz CT molecular complexity index is 559. The van der Waals surface area contributed by atoms with Crippen LogP contribution in [0, 0.1) is 0 Å². The minimum atomic E-state index is -3.31. The monoisotopic (exact) mass is 295 g/mol. The molecule has 0 aliphatic rings. The molecule has 0 radical (unpaired) electrons. The Morgan fingerprint density at radius 2 is 1.90 bits per heavy atom. The molecule has 0 saturated heterocycles. The largest absolute Gasteiger partial charge is 0.352 e. The van der Waals surface area contributed by atoms with Gasteiger partial charge in [-0.1, -0.05) is 44.7 Å². The van der Waals surface area contributed by atoms with Crippen LogP contribution in [-0.4, -0.2) is 20.1 Å². The standard InChI is InChI=1S/C15H21NO3S/c1-4-20(18,19)10-9-15(17)16-11-13-5-7-14(8-6-13)12(2)3/h4-8,12H,1,9-11H2,2-3H3,(H,16,17). The summed E-state index contributed by atoms with van der Waals surface area (Å²) >= 11 is 0. The molecule has 1 amide bonds. The van der Waals surface area contributed by atoms with Gasteiger partial charge in [-0.15, -0.1) is 0 Å². The zero-order valence-electron chi connectivity index (χ0n) is 11.9. The Hall–Kier alpha value is -1.62. The van der Waals surface area contributed by atoms with E-state index in [1.54, 1.807) is 0 Å². The van der Waals surface area contributed by atoms with E-state index in [2.05, 4.69) is 25.7 Å². The summed E-state index contributed by atoms with van der Waals surface area (Å²) in [6.07, 6.45) is -0.0432. The van der Waals surface area contributed by atoms with E-state index in [1.807, 2.05) is 24.3 Å². The second-order valence-electron chi connectivity index (χ2n) is 4.96. The molecule has 5 heteroatoms. The summed E-state index contributed by atoms with van der Waals surface area (Å²) < 4.78 is 22.4. The van der Waals surface area contributed by atoms with Crippen LogP contribution in [0.15, 0.2) is 36.3 Å². The van der Waals surface area contributed by atoms with Gasteiger partial charge < -0.3 is 5.32 Å². The van der Waals surface area contributed by atoms with Crippen LogP contribution in [0.25, 0.3) is 0 Å². The molecule has 0 aliphatic carbocycles. The lowest BCUT2D eigenvalue weighted by atomic mass is 10.0. The summed E-state index contributed by atoms with van der Waals surface area (Å²) in [4.78, 5) is 11.5. The van der Waals surface area contributed by atoms with E-state index in [9.17, 15) is 13.2 Å². The first kappa shape index (κ1) is 16.4. The van der Waals surface area contributed by atoms with Gasteiger partial charge in [-0.2, -0.15) is 0 Å². The number of hydrogen-bond donors (Lipinski definition) is 1. The van der Waals surface area contributed by atoms with Gasteiger partial charge in [0.25, 0.3) is 0 Å². The SMILES string of the molecule is C=CS(=O)(=O)CCC(=O)NCc1ccc(C(C)C)cc1. The number of carbonyl (C=O) groups excluding carboxylic acids is 1. The molecule has 0 heterocycles. The van der Waals surface area contributed by atoms with E-state index in [1.165, 1.54) is 5.56 Å². The maximum atomic E-state index is 11.5. The zero-order valence-corrected chi connectivity index (χ0v) is 12.7. The third-order valence-electron chi connectivity index (χ3n) is 3.00. The van der Waals surface area contributed by atoms with Gasteiger partial charge in [-0.3, -0.25) is 4.79 Å². The fourth-order valence-electron chi connectivity index (χ4n) is 1.63. The Morgan fingerprint density at radius 3 is 2.40 bits per heavy atom. The average Bonchev–Trinajstić information content (AvgIpc) is 2.43. The van der Waals surface area contributed by atoms with Crippen LogP contribution in [0.1, 0.15) is 37.3 Å². The first-order chi connectivity index (χ1) is 9.34. The molecule has 1 rings (SSSR count). The molecule has 0 atom stereocenters. The van der Waals surface area contributed by atoms with Crippen molar-refractivity contribution in [3.8, 4) is 0 Å². The Morgan fingerprint density at radius 1 is 1.30 bits per heavy atom. The van der Waals surface area contributed by atoms with Gasteiger partial charge in [0, 0.05) is 18.4 Å². The third-order valence-corrected chi connectivity index (χ3v) is 4.28. The molecule has 0 spiro atoms. The molecule has 110 valence electrons. The highest BCUT2D eigenvalue weighted by Gasteiger charge is 2.09. The number of rotatable bonds is 7. The van der Waals surface area contributed by atoms with Crippen LogP contribution in [0.3, 0.4) is 0 Å². The second kappa shape index (κ2) is 7.24. The van der Waals surface area contributed by atoms with Gasteiger partial charge in [-0.05, 0) is 17.0 Å².